The van der Waals surface area contributed by atoms with Crippen molar-refractivity contribution in [1.29, 1.82) is 0 Å². The lowest BCUT2D eigenvalue weighted by Gasteiger charge is -2.08. The van der Waals surface area contributed by atoms with Gasteiger partial charge in [0.15, 0.2) is 5.78 Å². The maximum absolute atomic E-state index is 12.6. The minimum absolute atomic E-state index is 0.0481. The predicted octanol–water partition coefficient (Wildman–Crippen LogP) is 2.56. The van der Waals surface area contributed by atoms with Gasteiger partial charge in [-0.15, -0.1) is 0 Å². The zero-order valence-corrected chi connectivity index (χ0v) is 14.7. The number of benzene rings is 2. The van der Waals surface area contributed by atoms with E-state index in [9.17, 15) is 9.82 Å². The van der Waals surface area contributed by atoms with E-state index in [1.165, 1.54) is 0 Å². The summed E-state index contributed by atoms with van der Waals surface area (Å²) < 4.78 is 6.95. The molecule has 2 heterocycles. The number of hydrogen-bond acceptors (Lipinski definition) is 4. The van der Waals surface area contributed by atoms with Crippen molar-refractivity contribution >= 4 is 30.0 Å². The Bertz CT molecular complexity index is 942. The Kier molecular flexibility index (Phi) is 4.63. The summed E-state index contributed by atoms with van der Waals surface area (Å²) in [6, 6.07) is 13.2. The highest BCUT2D eigenvalue weighted by molar-refractivity contribution is 6.61. The smallest absolute Gasteiger partial charge is 0.423 e. The Morgan fingerprint density at radius 3 is 2.85 bits per heavy atom. The maximum Gasteiger partial charge on any atom is 0.491 e. The third-order valence-electron chi connectivity index (χ3n) is 4.54. The molecule has 2 aromatic carbocycles. The summed E-state index contributed by atoms with van der Waals surface area (Å²) in [7, 11) is -0.983. The van der Waals surface area contributed by atoms with Gasteiger partial charge in [-0.05, 0) is 53.3 Å². The Hall–Kier alpha value is -2.41. The number of ketones is 1. The molecule has 0 fully saturated rings. The lowest BCUT2D eigenvalue weighted by atomic mass is 9.78. The van der Waals surface area contributed by atoms with Crippen molar-refractivity contribution < 1.29 is 14.5 Å². The van der Waals surface area contributed by atoms with Gasteiger partial charge in [-0.25, -0.2) is 4.68 Å². The SMILES string of the molecule is O=C(CCc1ccc(-n2cccn2)cc1)c1cc2c(cc1Cl)COB2O. The van der Waals surface area contributed by atoms with Gasteiger partial charge in [0.2, 0.25) is 0 Å². The zero-order chi connectivity index (χ0) is 18.1. The molecule has 0 atom stereocenters. The van der Waals surface area contributed by atoms with Gasteiger partial charge in [0.05, 0.1) is 17.3 Å². The molecule has 0 bridgehead atoms. The lowest BCUT2D eigenvalue weighted by Crippen LogP contribution is -2.29. The van der Waals surface area contributed by atoms with Crippen molar-refractivity contribution in [3.05, 3.63) is 76.6 Å². The molecule has 1 aliphatic rings. The summed E-state index contributed by atoms with van der Waals surface area (Å²) in [5.41, 5.74) is 3.92. The van der Waals surface area contributed by atoms with E-state index in [1.807, 2.05) is 36.5 Å². The van der Waals surface area contributed by atoms with Crippen molar-refractivity contribution in [2.75, 3.05) is 0 Å². The van der Waals surface area contributed by atoms with Crippen LogP contribution in [0, 0.1) is 0 Å². The molecule has 0 radical (unpaired) electrons. The van der Waals surface area contributed by atoms with Crippen molar-refractivity contribution in [1.82, 2.24) is 9.78 Å². The molecular weight excluding hydrogens is 350 g/mol. The lowest BCUT2D eigenvalue weighted by molar-refractivity contribution is 0.0983. The Labute approximate surface area is 156 Å². The van der Waals surface area contributed by atoms with Crippen LogP contribution in [0.1, 0.15) is 27.9 Å². The van der Waals surface area contributed by atoms with Crippen molar-refractivity contribution in [2.45, 2.75) is 19.4 Å². The summed E-state index contributed by atoms with van der Waals surface area (Å²) in [5.74, 6) is -0.0481. The van der Waals surface area contributed by atoms with Crippen molar-refractivity contribution in [3.63, 3.8) is 0 Å². The van der Waals surface area contributed by atoms with Crippen LogP contribution >= 0.6 is 11.6 Å². The van der Waals surface area contributed by atoms with Crippen molar-refractivity contribution in [2.24, 2.45) is 0 Å². The summed E-state index contributed by atoms with van der Waals surface area (Å²) in [6.45, 7) is 0.313. The van der Waals surface area contributed by atoms with E-state index in [2.05, 4.69) is 5.10 Å². The van der Waals surface area contributed by atoms with Gasteiger partial charge in [-0.1, -0.05) is 23.7 Å². The molecule has 0 spiro atoms. The number of Topliss-reactive ketones (excluding diaryl/α,β-unsaturated/α-hetero) is 1. The number of aromatic nitrogens is 2. The first-order chi connectivity index (χ1) is 12.6. The zero-order valence-electron chi connectivity index (χ0n) is 13.9. The van der Waals surface area contributed by atoms with Crippen molar-refractivity contribution in [3.8, 4) is 5.69 Å². The van der Waals surface area contributed by atoms with Crippen LogP contribution in [0.2, 0.25) is 5.02 Å². The highest BCUT2D eigenvalue weighted by Crippen LogP contribution is 2.22. The molecule has 130 valence electrons. The van der Waals surface area contributed by atoms with E-state index in [1.54, 1.807) is 23.0 Å². The fourth-order valence-corrected chi connectivity index (χ4v) is 3.38. The number of fused-ring (bicyclic) bond motifs is 1. The van der Waals surface area contributed by atoms with E-state index in [4.69, 9.17) is 16.3 Å². The molecule has 0 unspecified atom stereocenters. The highest BCUT2D eigenvalue weighted by atomic mass is 35.5. The quantitative estimate of drug-likeness (QED) is 0.557. The minimum atomic E-state index is -0.983. The number of hydrogen-bond donors (Lipinski definition) is 1. The molecule has 5 nitrogen and oxygen atoms in total. The number of nitrogens with zero attached hydrogens (tertiary/aromatic N) is 2. The van der Waals surface area contributed by atoms with E-state index < -0.39 is 7.12 Å². The third kappa shape index (κ3) is 3.31. The molecule has 3 aromatic rings. The van der Waals surface area contributed by atoms with Crippen LogP contribution in [0.15, 0.2) is 54.9 Å². The first-order valence-corrected chi connectivity index (χ1v) is 8.74. The van der Waals surface area contributed by atoms with E-state index in [0.717, 1.165) is 16.8 Å². The summed E-state index contributed by atoms with van der Waals surface area (Å²) in [4.78, 5) is 12.6. The Morgan fingerprint density at radius 2 is 2.12 bits per heavy atom. The molecule has 26 heavy (non-hydrogen) atoms. The molecule has 0 saturated carbocycles. The van der Waals surface area contributed by atoms with Gasteiger partial charge in [-0.2, -0.15) is 5.10 Å². The average molecular weight is 367 g/mol. The number of aryl methyl sites for hydroxylation is 1. The maximum atomic E-state index is 12.6. The van der Waals surface area contributed by atoms with Crippen LogP contribution in [0.4, 0.5) is 0 Å². The average Bonchev–Trinajstić information content (AvgIpc) is 3.30. The number of halogens is 1. The molecule has 0 aliphatic carbocycles. The van der Waals surface area contributed by atoms with Gasteiger partial charge in [0.25, 0.3) is 0 Å². The first kappa shape index (κ1) is 17.0. The fourth-order valence-electron chi connectivity index (χ4n) is 3.09. The van der Waals surface area contributed by atoms with E-state index in [0.29, 0.717) is 35.5 Å². The monoisotopic (exact) mass is 366 g/mol. The second kappa shape index (κ2) is 7.07. The summed E-state index contributed by atoms with van der Waals surface area (Å²) in [6.07, 6.45) is 4.57. The normalized spacial score (nSPS) is 13.1. The second-order valence-electron chi connectivity index (χ2n) is 6.23. The van der Waals surface area contributed by atoms with Crippen LogP contribution < -0.4 is 5.46 Å². The van der Waals surface area contributed by atoms with E-state index in [-0.39, 0.29) is 5.78 Å². The van der Waals surface area contributed by atoms with Gasteiger partial charge in [0, 0.05) is 24.4 Å². The third-order valence-corrected chi connectivity index (χ3v) is 4.85. The molecule has 0 saturated heterocycles. The molecule has 1 N–H and O–H groups in total. The summed E-state index contributed by atoms with van der Waals surface area (Å²) >= 11 is 6.24. The van der Waals surface area contributed by atoms with Crippen LogP contribution in [0.5, 0.6) is 0 Å². The van der Waals surface area contributed by atoms with Gasteiger partial charge >= 0.3 is 7.12 Å². The van der Waals surface area contributed by atoms with Gasteiger partial charge in [-0.3, -0.25) is 4.79 Å². The first-order valence-electron chi connectivity index (χ1n) is 8.36. The van der Waals surface area contributed by atoms with Gasteiger partial charge in [0.1, 0.15) is 0 Å². The largest absolute Gasteiger partial charge is 0.491 e. The molecule has 7 heteroatoms. The van der Waals surface area contributed by atoms with Crippen LogP contribution in [0.3, 0.4) is 0 Å². The molecule has 0 amide bonds. The minimum Gasteiger partial charge on any atom is -0.423 e. The van der Waals surface area contributed by atoms with Crippen LogP contribution in [-0.4, -0.2) is 27.7 Å². The van der Waals surface area contributed by atoms with Crippen LogP contribution in [0.25, 0.3) is 5.69 Å². The van der Waals surface area contributed by atoms with Crippen LogP contribution in [-0.2, 0) is 17.7 Å². The Balaban J connectivity index is 1.45. The molecule has 1 aromatic heterocycles. The summed E-state index contributed by atoms with van der Waals surface area (Å²) in [5, 5.41) is 14.4. The molecular formula is C19H16BClN2O3. The van der Waals surface area contributed by atoms with Gasteiger partial charge < -0.3 is 9.68 Å². The van der Waals surface area contributed by atoms with E-state index >= 15 is 0 Å². The predicted molar refractivity (Wildman–Crippen MR) is 100 cm³/mol. The highest BCUT2D eigenvalue weighted by Gasteiger charge is 2.29. The standard InChI is InChI=1S/C19H16BClN2O3/c21-18-10-14-12-26-20(25)17(14)11-16(18)19(24)7-4-13-2-5-15(6-3-13)23-9-1-8-22-23/h1-3,5-6,8-11,25H,4,7,12H2. The topological polar surface area (TPSA) is 64.4 Å². The Morgan fingerprint density at radius 1 is 1.31 bits per heavy atom. The fraction of sp³-hybridized carbons (Fsp3) is 0.158. The number of carbonyl (C=O) groups excluding carboxylic acids is 1. The molecule has 4 rings (SSSR count). The number of carbonyl (C=O) groups is 1. The number of rotatable bonds is 5. The molecule has 1 aliphatic heterocycles. The second-order valence-corrected chi connectivity index (χ2v) is 6.64.